The lowest BCUT2D eigenvalue weighted by atomic mass is 9.97. The summed E-state index contributed by atoms with van der Waals surface area (Å²) in [4.78, 5) is 0. The molecule has 1 aliphatic heterocycles. The summed E-state index contributed by atoms with van der Waals surface area (Å²) in [6.07, 6.45) is 12.7. The molecule has 1 nitrogen and oxygen atoms in total. The van der Waals surface area contributed by atoms with Gasteiger partial charge in [-0.3, -0.25) is 0 Å². The van der Waals surface area contributed by atoms with E-state index in [-0.39, 0.29) is 6.10 Å². The van der Waals surface area contributed by atoms with Gasteiger partial charge in [0, 0.05) is 0 Å². The Labute approximate surface area is 60.7 Å². The van der Waals surface area contributed by atoms with Crippen molar-refractivity contribution in [2.24, 2.45) is 0 Å². The SMILES string of the molecule is C1=COC2C=CCCC2=C1. The van der Waals surface area contributed by atoms with Gasteiger partial charge < -0.3 is 4.74 Å². The zero-order valence-electron chi connectivity index (χ0n) is 5.79. The highest BCUT2D eigenvalue weighted by Crippen LogP contribution is 2.23. The third kappa shape index (κ3) is 0.878. The van der Waals surface area contributed by atoms with Gasteiger partial charge >= 0.3 is 0 Å². The Morgan fingerprint density at radius 2 is 2.50 bits per heavy atom. The summed E-state index contributed by atoms with van der Waals surface area (Å²) in [5.74, 6) is 0. The van der Waals surface area contributed by atoms with Crippen molar-refractivity contribution < 1.29 is 4.74 Å². The maximum atomic E-state index is 5.35. The van der Waals surface area contributed by atoms with E-state index in [1.807, 2.05) is 6.08 Å². The molecule has 0 aromatic rings. The third-order valence-corrected chi connectivity index (χ3v) is 1.89. The van der Waals surface area contributed by atoms with Crippen molar-refractivity contribution in [3.63, 3.8) is 0 Å². The van der Waals surface area contributed by atoms with Crippen molar-refractivity contribution in [2.45, 2.75) is 18.9 Å². The quantitative estimate of drug-likeness (QED) is 0.461. The van der Waals surface area contributed by atoms with Crippen molar-refractivity contribution in [1.29, 1.82) is 0 Å². The van der Waals surface area contributed by atoms with Gasteiger partial charge in [-0.1, -0.05) is 12.2 Å². The summed E-state index contributed by atoms with van der Waals surface area (Å²) in [5, 5.41) is 0. The Hall–Kier alpha value is -0.980. The summed E-state index contributed by atoms with van der Waals surface area (Å²) < 4.78 is 5.35. The van der Waals surface area contributed by atoms with Gasteiger partial charge in [-0.05, 0) is 30.6 Å². The second-order valence-corrected chi connectivity index (χ2v) is 2.59. The third-order valence-electron chi connectivity index (χ3n) is 1.89. The molecule has 0 N–H and O–H groups in total. The summed E-state index contributed by atoms with van der Waals surface area (Å²) in [6.45, 7) is 0. The number of hydrogen-bond donors (Lipinski definition) is 0. The standard InChI is InChI=1S/C9H10O/c1-2-6-9-8(4-1)5-3-7-10-9/h2-3,5-7,9H,1,4H2. The topological polar surface area (TPSA) is 9.23 Å². The minimum absolute atomic E-state index is 0.249. The lowest BCUT2D eigenvalue weighted by molar-refractivity contribution is 0.206. The average Bonchev–Trinajstić information content (AvgIpc) is 2.05. The van der Waals surface area contributed by atoms with Crippen LogP contribution in [0, 0.1) is 0 Å². The fraction of sp³-hybridized carbons (Fsp3) is 0.333. The van der Waals surface area contributed by atoms with E-state index in [2.05, 4.69) is 18.2 Å². The Bertz CT molecular complexity index is 211. The summed E-state index contributed by atoms with van der Waals surface area (Å²) >= 11 is 0. The van der Waals surface area contributed by atoms with Crippen LogP contribution >= 0.6 is 0 Å². The van der Waals surface area contributed by atoms with Gasteiger partial charge in [0.2, 0.25) is 0 Å². The minimum Gasteiger partial charge on any atom is -0.490 e. The molecule has 2 aliphatic rings. The van der Waals surface area contributed by atoms with Gasteiger partial charge in [0.05, 0.1) is 6.26 Å². The smallest absolute Gasteiger partial charge is 0.137 e. The molecule has 0 aromatic heterocycles. The number of ether oxygens (including phenoxy) is 1. The maximum Gasteiger partial charge on any atom is 0.137 e. The van der Waals surface area contributed by atoms with Gasteiger partial charge in [0.25, 0.3) is 0 Å². The van der Waals surface area contributed by atoms with E-state index in [0.29, 0.717) is 0 Å². The van der Waals surface area contributed by atoms with Gasteiger partial charge in [-0.15, -0.1) is 0 Å². The normalized spacial score (nSPS) is 28.8. The molecule has 2 rings (SSSR count). The fourth-order valence-corrected chi connectivity index (χ4v) is 1.34. The van der Waals surface area contributed by atoms with E-state index >= 15 is 0 Å². The molecule has 1 heterocycles. The van der Waals surface area contributed by atoms with E-state index in [1.165, 1.54) is 12.0 Å². The highest BCUT2D eigenvalue weighted by atomic mass is 16.5. The molecule has 0 spiro atoms. The molecule has 1 heteroatoms. The van der Waals surface area contributed by atoms with Crippen molar-refractivity contribution in [1.82, 2.24) is 0 Å². The van der Waals surface area contributed by atoms with Crippen LogP contribution in [0.5, 0.6) is 0 Å². The molecular weight excluding hydrogens is 124 g/mol. The molecule has 0 amide bonds. The lowest BCUT2D eigenvalue weighted by Gasteiger charge is -2.21. The predicted molar refractivity (Wildman–Crippen MR) is 40.5 cm³/mol. The Balaban J connectivity index is 2.26. The number of fused-ring (bicyclic) bond motifs is 1. The molecule has 52 valence electrons. The molecule has 1 aliphatic carbocycles. The number of allylic oxidation sites excluding steroid dienone is 3. The zero-order valence-corrected chi connectivity index (χ0v) is 5.79. The van der Waals surface area contributed by atoms with Gasteiger partial charge in [0.15, 0.2) is 0 Å². The van der Waals surface area contributed by atoms with E-state index < -0.39 is 0 Å². The first-order valence-electron chi connectivity index (χ1n) is 3.64. The first-order valence-corrected chi connectivity index (χ1v) is 3.64. The van der Waals surface area contributed by atoms with Crippen LogP contribution in [0.25, 0.3) is 0 Å². The minimum atomic E-state index is 0.249. The van der Waals surface area contributed by atoms with Crippen LogP contribution in [-0.2, 0) is 4.74 Å². The molecule has 0 radical (unpaired) electrons. The molecule has 10 heavy (non-hydrogen) atoms. The summed E-state index contributed by atoms with van der Waals surface area (Å²) in [7, 11) is 0. The molecular formula is C9H10O. The monoisotopic (exact) mass is 134 g/mol. The van der Waals surface area contributed by atoms with E-state index in [1.54, 1.807) is 6.26 Å². The second-order valence-electron chi connectivity index (χ2n) is 2.59. The van der Waals surface area contributed by atoms with Crippen LogP contribution in [-0.4, -0.2) is 6.10 Å². The predicted octanol–water partition coefficient (Wildman–Crippen LogP) is 2.18. The molecule has 0 saturated carbocycles. The largest absolute Gasteiger partial charge is 0.490 e. The molecule has 0 fully saturated rings. The van der Waals surface area contributed by atoms with Crippen LogP contribution in [0.3, 0.4) is 0 Å². The highest BCUT2D eigenvalue weighted by Gasteiger charge is 2.15. The molecule has 0 bridgehead atoms. The first-order chi connectivity index (χ1) is 4.97. The molecule has 0 saturated heterocycles. The average molecular weight is 134 g/mol. The van der Waals surface area contributed by atoms with E-state index in [9.17, 15) is 0 Å². The maximum absolute atomic E-state index is 5.35. The lowest BCUT2D eigenvalue weighted by Crippen LogP contribution is -2.14. The second kappa shape index (κ2) is 2.33. The van der Waals surface area contributed by atoms with Gasteiger partial charge in [-0.25, -0.2) is 0 Å². The van der Waals surface area contributed by atoms with Crippen LogP contribution in [0.4, 0.5) is 0 Å². The summed E-state index contributed by atoms with van der Waals surface area (Å²) in [6, 6.07) is 0. The Morgan fingerprint density at radius 1 is 1.50 bits per heavy atom. The fourth-order valence-electron chi connectivity index (χ4n) is 1.34. The van der Waals surface area contributed by atoms with Crippen LogP contribution in [0.1, 0.15) is 12.8 Å². The molecule has 1 unspecified atom stereocenters. The van der Waals surface area contributed by atoms with Crippen LogP contribution in [0.2, 0.25) is 0 Å². The van der Waals surface area contributed by atoms with Gasteiger partial charge in [0.1, 0.15) is 6.10 Å². The number of hydrogen-bond acceptors (Lipinski definition) is 1. The Kier molecular flexibility index (Phi) is 1.35. The first kappa shape index (κ1) is 5.78. The van der Waals surface area contributed by atoms with Crippen molar-refractivity contribution in [3.05, 3.63) is 36.1 Å². The van der Waals surface area contributed by atoms with E-state index in [0.717, 1.165) is 6.42 Å². The van der Waals surface area contributed by atoms with Crippen molar-refractivity contribution in [3.8, 4) is 0 Å². The van der Waals surface area contributed by atoms with Crippen molar-refractivity contribution >= 4 is 0 Å². The van der Waals surface area contributed by atoms with Gasteiger partial charge in [-0.2, -0.15) is 0 Å². The molecule has 1 atom stereocenters. The number of rotatable bonds is 0. The summed E-state index contributed by atoms with van der Waals surface area (Å²) in [5.41, 5.74) is 1.41. The zero-order chi connectivity index (χ0) is 6.81. The van der Waals surface area contributed by atoms with Crippen molar-refractivity contribution in [2.75, 3.05) is 0 Å². The highest BCUT2D eigenvalue weighted by molar-refractivity contribution is 5.26. The Morgan fingerprint density at radius 3 is 3.40 bits per heavy atom. The molecule has 0 aromatic carbocycles. The van der Waals surface area contributed by atoms with E-state index in [4.69, 9.17) is 4.74 Å². The van der Waals surface area contributed by atoms with Crippen LogP contribution < -0.4 is 0 Å². The van der Waals surface area contributed by atoms with Crippen LogP contribution in [0.15, 0.2) is 36.1 Å².